The van der Waals surface area contributed by atoms with E-state index in [1.165, 1.54) is 13.8 Å². The predicted octanol–water partition coefficient (Wildman–Crippen LogP) is 5.77. The van der Waals surface area contributed by atoms with Crippen molar-refractivity contribution in [2.75, 3.05) is 6.54 Å². The SMILES string of the molecule is C[C@@H]1CC2=C(Cc3ccccc32)[C@@H](c2c(F)cc([N+](=O)[O-])cc2F)N1CC(C)(C)F. The van der Waals surface area contributed by atoms with Gasteiger partial charge in [-0.3, -0.25) is 15.0 Å². The molecule has 158 valence electrons. The van der Waals surface area contributed by atoms with E-state index >= 15 is 8.78 Å². The fourth-order valence-electron chi connectivity index (χ4n) is 4.78. The molecule has 0 saturated carbocycles. The highest BCUT2D eigenvalue weighted by Gasteiger charge is 2.43. The molecule has 4 nitrogen and oxygen atoms in total. The van der Waals surface area contributed by atoms with Crippen molar-refractivity contribution in [3.05, 3.63) is 80.4 Å². The Hall–Kier alpha value is -2.67. The van der Waals surface area contributed by atoms with Crippen LogP contribution in [0.2, 0.25) is 0 Å². The molecular weight excluding hydrogens is 393 g/mol. The largest absolute Gasteiger partial charge is 0.286 e. The zero-order valence-corrected chi connectivity index (χ0v) is 17.1. The number of rotatable bonds is 4. The topological polar surface area (TPSA) is 46.4 Å². The molecule has 0 unspecified atom stereocenters. The van der Waals surface area contributed by atoms with Crippen LogP contribution in [-0.4, -0.2) is 28.1 Å². The number of nitrogens with zero attached hydrogens (tertiary/aromatic N) is 2. The molecule has 7 heteroatoms. The van der Waals surface area contributed by atoms with Crippen LogP contribution in [0, 0.1) is 21.7 Å². The number of hydrogen-bond donors (Lipinski definition) is 0. The first-order chi connectivity index (χ1) is 14.1. The summed E-state index contributed by atoms with van der Waals surface area (Å²) in [4.78, 5) is 12.0. The molecule has 0 N–H and O–H groups in total. The lowest BCUT2D eigenvalue weighted by atomic mass is 9.84. The van der Waals surface area contributed by atoms with E-state index in [2.05, 4.69) is 0 Å². The summed E-state index contributed by atoms with van der Waals surface area (Å²) in [6.45, 7) is 4.78. The van der Waals surface area contributed by atoms with Crippen molar-refractivity contribution < 1.29 is 18.1 Å². The zero-order valence-electron chi connectivity index (χ0n) is 17.1. The molecule has 0 amide bonds. The lowest BCUT2D eigenvalue weighted by Crippen LogP contribution is -2.47. The lowest BCUT2D eigenvalue weighted by Gasteiger charge is -2.44. The highest BCUT2D eigenvalue weighted by atomic mass is 19.1. The Labute approximate surface area is 173 Å². The molecule has 2 aromatic rings. The van der Waals surface area contributed by atoms with Gasteiger partial charge in [0.2, 0.25) is 0 Å². The van der Waals surface area contributed by atoms with Gasteiger partial charge < -0.3 is 0 Å². The third-order valence-corrected chi connectivity index (χ3v) is 5.95. The number of benzene rings is 2. The van der Waals surface area contributed by atoms with Gasteiger partial charge in [0.05, 0.1) is 23.1 Å². The Balaban J connectivity index is 1.91. The average Bonchev–Trinajstić information content (AvgIpc) is 3.00. The van der Waals surface area contributed by atoms with Crippen LogP contribution in [-0.2, 0) is 6.42 Å². The summed E-state index contributed by atoms with van der Waals surface area (Å²) >= 11 is 0. The maximum Gasteiger partial charge on any atom is 0.275 e. The van der Waals surface area contributed by atoms with Crippen molar-refractivity contribution >= 4 is 11.3 Å². The van der Waals surface area contributed by atoms with E-state index in [4.69, 9.17) is 0 Å². The second-order valence-corrected chi connectivity index (χ2v) is 8.76. The summed E-state index contributed by atoms with van der Waals surface area (Å²) in [5.41, 5.74) is 1.54. The Morgan fingerprint density at radius 2 is 1.83 bits per heavy atom. The van der Waals surface area contributed by atoms with E-state index in [9.17, 15) is 14.5 Å². The van der Waals surface area contributed by atoms with Gasteiger partial charge in [0.25, 0.3) is 5.69 Å². The average molecular weight is 416 g/mol. The number of nitro benzene ring substituents is 1. The van der Waals surface area contributed by atoms with Crippen LogP contribution >= 0.6 is 0 Å². The van der Waals surface area contributed by atoms with Gasteiger partial charge in [0.1, 0.15) is 17.3 Å². The van der Waals surface area contributed by atoms with Crippen LogP contribution in [0.5, 0.6) is 0 Å². The molecule has 2 aromatic carbocycles. The van der Waals surface area contributed by atoms with Crippen molar-refractivity contribution in [1.82, 2.24) is 4.90 Å². The molecule has 1 aliphatic carbocycles. The van der Waals surface area contributed by atoms with Crippen LogP contribution in [0.1, 0.15) is 49.9 Å². The van der Waals surface area contributed by atoms with Crippen LogP contribution in [0.4, 0.5) is 18.9 Å². The maximum atomic E-state index is 15.1. The van der Waals surface area contributed by atoms with Crippen LogP contribution in [0.25, 0.3) is 5.57 Å². The fourth-order valence-corrected chi connectivity index (χ4v) is 4.78. The lowest BCUT2D eigenvalue weighted by molar-refractivity contribution is -0.385. The zero-order chi connectivity index (χ0) is 21.8. The van der Waals surface area contributed by atoms with Gasteiger partial charge in [-0.05, 0) is 55.9 Å². The second kappa shape index (κ2) is 7.23. The first-order valence-electron chi connectivity index (χ1n) is 9.95. The molecule has 4 rings (SSSR count). The number of non-ortho nitro benzene ring substituents is 1. The van der Waals surface area contributed by atoms with Gasteiger partial charge in [-0.25, -0.2) is 13.2 Å². The molecule has 0 radical (unpaired) electrons. The molecule has 0 aromatic heterocycles. The van der Waals surface area contributed by atoms with Crippen molar-refractivity contribution in [3.63, 3.8) is 0 Å². The number of fused-ring (bicyclic) bond motifs is 2. The van der Waals surface area contributed by atoms with E-state index in [0.717, 1.165) is 34.4 Å². The Morgan fingerprint density at radius 3 is 2.43 bits per heavy atom. The maximum absolute atomic E-state index is 15.1. The van der Waals surface area contributed by atoms with E-state index in [1.807, 2.05) is 31.2 Å². The number of alkyl halides is 1. The molecule has 1 heterocycles. The molecule has 0 bridgehead atoms. The summed E-state index contributed by atoms with van der Waals surface area (Å²) in [5, 5.41) is 11.0. The minimum Gasteiger partial charge on any atom is -0.286 e. The second-order valence-electron chi connectivity index (χ2n) is 8.76. The highest BCUT2D eigenvalue weighted by Crippen LogP contribution is 2.50. The van der Waals surface area contributed by atoms with Gasteiger partial charge in [0, 0.05) is 18.2 Å². The number of nitro groups is 1. The predicted molar refractivity (Wildman–Crippen MR) is 109 cm³/mol. The van der Waals surface area contributed by atoms with E-state index in [1.54, 1.807) is 4.90 Å². The quantitative estimate of drug-likeness (QED) is 0.470. The van der Waals surface area contributed by atoms with Crippen molar-refractivity contribution in [2.45, 2.75) is 51.4 Å². The molecule has 2 atom stereocenters. The van der Waals surface area contributed by atoms with Gasteiger partial charge in [-0.15, -0.1) is 0 Å². The standard InChI is InChI=1S/C23H23F3N2O2/c1-13-8-17-16-7-5-4-6-14(16)9-18(17)22(27(13)12-23(2,3)26)21-19(24)10-15(28(29)30)11-20(21)25/h4-7,10-11,13,22H,8-9,12H2,1-3H3/t13-,22+/m1/s1. The monoisotopic (exact) mass is 416 g/mol. The Bertz CT molecular complexity index is 1040. The highest BCUT2D eigenvalue weighted by molar-refractivity contribution is 5.79. The molecule has 2 aliphatic rings. The molecule has 0 saturated heterocycles. The molecular formula is C23H23F3N2O2. The molecule has 30 heavy (non-hydrogen) atoms. The first kappa shape index (κ1) is 20.6. The van der Waals surface area contributed by atoms with Crippen molar-refractivity contribution in [1.29, 1.82) is 0 Å². The number of hydrogen-bond acceptors (Lipinski definition) is 3. The summed E-state index contributed by atoms with van der Waals surface area (Å²) < 4.78 is 44.9. The van der Waals surface area contributed by atoms with Gasteiger partial charge >= 0.3 is 0 Å². The molecule has 0 fully saturated rings. The molecule has 0 spiro atoms. The fraction of sp³-hybridized carbons (Fsp3) is 0.391. The third-order valence-electron chi connectivity index (χ3n) is 5.95. The third kappa shape index (κ3) is 3.51. The van der Waals surface area contributed by atoms with E-state index in [-0.39, 0.29) is 18.2 Å². The first-order valence-corrected chi connectivity index (χ1v) is 9.95. The van der Waals surface area contributed by atoms with Crippen molar-refractivity contribution in [3.8, 4) is 0 Å². The van der Waals surface area contributed by atoms with Gasteiger partial charge in [-0.1, -0.05) is 24.3 Å². The summed E-state index contributed by atoms with van der Waals surface area (Å²) in [6, 6.07) is 8.34. The van der Waals surface area contributed by atoms with Gasteiger partial charge in [-0.2, -0.15) is 0 Å². The van der Waals surface area contributed by atoms with E-state index in [0.29, 0.717) is 12.8 Å². The van der Waals surface area contributed by atoms with Crippen LogP contribution in [0.3, 0.4) is 0 Å². The Kier molecular flexibility index (Phi) is 4.97. The summed E-state index contributed by atoms with van der Waals surface area (Å²) in [7, 11) is 0. The van der Waals surface area contributed by atoms with Crippen LogP contribution < -0.4 is 0 Å². The minimum atomic E-state index is -1.58. The van der Waals surface area contributed by atoms with Gasteiger partial charge in [0.15, 0.2) is 0 Å². The minimum absolute atomic E-state index is 0.0121. The molecule has 1 aliphatic heterocycles. The summed E-state index contributed by atoms with van der Waals surface area (Å²) in [6.07, 6.45) is 1.16. The van der Waals surface area contributed by atoms with E-state index < -0.39 is 34.0 Å². The number of halogens is 3. The van der Waals surface area contributed by atoms with Crippen molar-refractivity contribution in [2.24, 2.45) is 0 Å². The smallest absolute Gasteiger partial charge is 0.275 e. The van der Waals surface area contributed by atoms with Crippen LogP contribution in [0.15, 0.2) is 42.0 Å². The normalized spacial score (nSPS) is 21.5. The Morgan fingerprint density at radius 1 is 1.20 bits per heavy atom. The summed E-state index contributed by atoms with van der Waals surface area (Å²) in [5.74, 6) is -1.96.